The Balaban J connectivity index is -0.0000000383. The molecule has 0 fully saturated rings. The van der Waals surface area contributed by atoms with Crippen LogP contribution in [0.15, 0.2) is 0 Å². The number of rotatable bonds is 1. The molecule has 0 aliphatic carbocycles. The van der Waals surface area contributed by atoms with E-state index in [2.05, 4.69) is 11.5 Å². The SMILES string of the molecule is CC(C)CO.N=C(N)N.[Li+].[OH-]. The molecule has 0 saturated carbocycles. The third-order valence-electron chi connectivity index (χ3n) is 0.365. The van der Waals surface area contributed by atoms with Crippen LogP contribution in [-0.2, 0) is 0 Å². The Morgan fingerprint density at radius 1 is 1.45 bits per heavy atom. The van der Waals surface area contributed by atoms with Gasteiger partial charge in [-0.1, -0.05) is 13.8 Å². The normalized spacial score (nSPS) is 6.55. The predicted molar refractivity (Wildman–Crippen MR) is 40.0 cm³/mol. The van der Waals surface area contributed by atoms with Crippen molar-refractivity contribution in [3.05, 3.63) is 0 Å². The number of hydrogen-bond acceptors (Lipinski definition) is 3. The molecule has 5 nitrogen and oxygen atoms in total. The average molecular weight is 157 g/mol. The molecule has 0 unspecified atom stereocenters. The van der Waals surface area contributed by atoms with Gasteiger partial charge in [-0.2, -0.15) is 0 Å². The van der Waals surface area contributed by atoms with E-state index in [1.54, 1.807) is 0 Å². The maximum absolute atomic E-state index is 8.14. The molecule has 0 heterocycles. The van der Waals surface area contributed by atoms with Gasteiger partial charge >= 0.3 is 18.9 Å². The Morgan fingerprint density at radius 2 is 1.55 bits per heavy atom. The topological polar surface area (TPSA) is 126 Å². The smallest absolute Gasteiger partial charge is 0.870 e. The van der Waals surface area contributed by atoms with Gasteiger partial charge in [0, 0.05) is 6.61 Å². The first-order valence-corrected chi connectivity index (χ1v) is 2.71. The van der Waals surface area contributed by atoms with Crippen molar-refractivity contribution in [2.75, 3.05) is 6.61 Å². The summed E-state index contributed by atoms with van der Waals surface area (Å²) in [7, 11) is 0. The standard InChI is InChI=1S/C4H10O.CH5N3.Li.H2O/c1-4(2)3-5;2-1(3)4;;/h4-5H,3H2,1-2H3;(H5,2,3,4);;1H2/q;;+1;/p-1. The molecule has 0 rings (SSSR count). The molecule has 0 saturated heterocycles. The number of hydrogen-bond donors (Lipinski definition) is 4. The Bertz CT molecular complexity index is 76.1. The van der Waals surface area contributed by atoms with Gasteiger partial charge in [0.2, 0.25) is 0 Å². The van der Waals surface area contributed by atoms with Gasteiger partial charge in [-0.25, -0.2) is 0 Å². The molecule has 0 aromatic carbocycles. The zero-order valence-corrected chi connectivity index (χ0v) is 7.33. The monoisotopic (exact) mass is 157 g/mol. The second-order valence-corrected chi connectivity index (χ2v) is 2.03. The van der Waals surface area contributed by atoms with Gasteiger partial charge in [-0.15, -0.1) is 0 Å². The summed E-state index contributed by atoms with van der Waals surface area (Å²) in [4.78, 5) is 0. The zero-order chi connectivity index (χ0) is 7.86. The number of aliphatic hydroxyl groups excluding tert-OH is 1. The summed E-state index contributed by atoms with van der Waals surface area (Å²) >= 11 is 0. The van der Waals surface area contributed by atoms with E-state index in [1.807, 2.05) is 13.8 Å². The van der Waals surface area contributed by atoms with Crippen molar-refractivity contribution in [2.45, 2.75) is 13.8 Å². The largest absolute Gasteiger partial charge is 1.00 e. The molecule has 11 heavy (non-hydrogen) atoms. The van der Waals surface area contributed by atoms with Crippen LogP contribution in [0.2, 0.25) is 0 Å². The molecule has 6 heteroatoms. The van der Waals surface area contributed by atoms with E-state index >= 15 is 0 Å². The van der Waals surface area contributed by atoms with Crippen LogP contribution in [-0.4, -0.2) is 23.1 Å². The summed E-state index contributed by atoms with van der Waals surface area (Å²) in [6.45, 7) is 4.25. The Kier molecular flexibility index (Phi) is 33.5. The van der Waals surface area contributed by atoms with Gasteiger partial charge in [-0.3, -0.25) is 5.41 Å². The molecule has 64 valence electrons. The van der Waals surface area contributed by atoms with Gasteiger partial charge in [0.1, 0.15) is 0 Å². The van der Waals surface area contributed by atoms with E-state index in [0.29, 0.717) is 12.5 Å². The number of nitrogens with one attached hydrogen (secondary N) is 1. The number of aliphatic hydroxyl groups is 1. The molecule has 0 radical (unpaired) electrons. The van der Waals surface area contributed by atoms with Crippen LogP contribution < -0.4 is 30.3 Å². The fourth-order valence-corrected chi connectivity index (χ4v) is 0. The van der Waals surface area contributed by atoms with E-state index in [4.69, 9.17) is 10.5 Å². The van der Waals surface area contributed by atoms with Gasteiger partial charge < -0.3 is 22.1 Å². The van der Waals surface area contributed by atoms with Crippen LogP contribution in [0, 0.1) is 11.3 Å². The van der Waals surface area contributed by atoms with Crippen molar-refractivity contribution in [1.29, 1.82) is 5.41 Å². The molecule has 0 spiro atoms. The van der Waals surface area contributed by atoms with Crippen LogP contribution in [0.25, 0.3) is 0 Å². The van der Waals surface area contributed by atoms with Crippen molar-refractivity contribution in [1.82, 2.24) is 0 Å². The molecule has 7 N–H and O–H groups in total. The van der Waals surface area contributed by atoms with Crippen LogP contribution in [0.1, 0.15) is 13.8 Å². The van der Waals surface area contributed by atoms with Crippen molar-refractivity contribution in [2.24, 2.45) is 17.4 Å². The average Bonchev–Trinajstić information content (AvgIpc) is 1.65. The summed E-state index contributed by atoms with van der Waals surface area (Å²) in [6.07, 6.45) is 0. The molecule has 0 bridgehead atoms. The molecule has 0 aliphatic rings. The van der Waals surface area contributed by atoms with Crippen molar-refractivity contribution in [3.8, 4) is 0 Å². The van der Waals surface area contributed by atoms with E-state index in [-0.39, 0.29) is 30.3 Å². The van der Waals surface area contributed by atoms with Crippen molar-refractivity contribution < 1.29 is 29.4 Å². The zero-order valence-electron chi connectivity index (χ0n) is 7.33. The van der Waals surface area contributed by atoms with Crippen molar-refractivity contribution >= 4 is 5.96 Å². The van der Waals surface area contributed by atoms with Gasteiger partial charge in [0.25, 0.3) is 0 Å². The second-order valence-electron chi connectivity index (χ2n) is 2.03. The minimum atomic E-state index is -0.333. The van der Waals surface area contributed by atoms with Crippen LogP contribution >= 0.6 is 0 Å². The summed E-state index contributed by atoms with van der Waals surface area (Å²) in [5, 5.41) is 14.2. The van der Waals surface area contributed by atoms with E-state index in [0.717, 1.165) is 0 Å². The van der Waals surface area contributed by atoms with E-state index in [9.17, 15) is 0 Å². The maximum Gasteiger partial charge on any atom is 1.00 e. The summed E-state index contributed by atoms with van der Waals surface area (Å²) < 4.78 is 0. The molecule has 0 aromatic heterocycles. The summed E-state index contributed by atoms with van der Waals surface area (Å²) in [6, 6.07) is 0. The van der Waals surface area contributed by atoms with Gasteiger partial charge in [-0.05, 0) is 5.92 Å². The number of guanidine groups is 1. The van der Waals surface area contributed by atoms with Gasteiger partial charge in [0.05, 0.1) is 0 Å². The van der Waals surface area contributed by atoms with Crippen LogP contribution in [0.4, 0.5) is 0 Å². The first-order valence-electron chi connectivity index (χ1n) is 2.71. The molecular formula is C5H16LiN3O2. The minimum Gasteiger partial charge on any atom is -0.870 e. The maximum atomic E-state index is 8.14. The van der Waals surface area contributed by atoms with Crippen molar-refractivity contribution in [3.63, 3.8) is 0 Å². The third kappa shape index (κ3) is 186. The first kappa shape index (κ1) is 22.4. The van der Waals surface area contributed by atoms with Crippen LogP contribution in [0.5, 0.6) is 0 Å². The molecule has 0 atom stereocenters. The first-order chi connectivity index (χ1) is 4.00. The molecule has 0 aromatic rings. The fourth-order valence-electron chi connectivity index (χ4n) is 0. The van der Waals surface area contributed by atoms with Gasteiger partial charge in [0.15, 0.2) is 5.96 Å². The van der Waals surface area contributed by atoms with Crippen LogP contribution in [0.3, 0.4) is 0 Å². The third-order valence-corrected chi connectivity index (χ3v) is 0.365. The fraction of sp³-hybridized carbons (Fsp3) is 0.800. The predicted octanol–water partition coefficient (Wildman–Crippen LogP) is -3.70. The summed E-state index contributed by atoms with van der Waals surface area (Å²) in [5.41, 5.74) is 8.94. The Hall–Kier alpha value is -0.213. The Labute approximate surface area is 79.1 Å². The van der Waals surface area contributed by atoms with E-state index < -0.39 is 0 Å². The second kappa shape index (κ2) is 16.4. The molecule has 0 amide bonds. The van der Waals surface area contributed by atoms with E-state index in [1.165, 1.54) is 0 Å². The Morgan fingerprint density at radius 3 is 1.55 bits per heavy atom. The quantitative estimate of drug-likeness (QED) is 0.177. The minimum absolute atomic E-state index is 0. The summed E-state index contributed by atoms with van der Waals surface area (Å²) in [5.74, 6) is 0.106. The number of nitrogens with two attached hydrogens (primary N) is 2. The molecule has 0 aliphatic heterocycles. The molecular weight excluding hydrogens is 141 g/mol.